The highest BCUT2D eigenvalue weighted by molar-refractivity contribution is 6.34. The summed E-state index contributed by atoms with van der Waals surface area (Å²) < 4.78 is 13.5. The molecular weight excluding hydrogens is 271 g/mol. The summed E-state index contributed by atoms with van der Waals surface area (Å²) >= 11 is 5.82. The van der Waals surface area contributed by atoms with Gasteiger partial charge < -0.3 is 10.7 Å². The number of nitrogens with zero attached hydrogens (tertiary/aromatic N) is 1. The zero-order valence-electron chi connectivity index (χ0n) is 9.65. The van der Waals surface area contributed by atoms with Crippen LogP contribution in [-0.4, -0.2) is 10.9 Å². The number of nitrogen functional groups attached to an aromatic ring is 1. The van der Waals surface area contributed by atoms with Crippen LogP contribution in [0.4, 0.5) is 15.9 Å². The van der Waals surface area contributed by atoms with Crippen LogP contribution >= 0.6 is 11.6 Å². The van der Waals surface area contributed by atoms with Crippen molar-refractivity contribution in [3.05, 3.63) is 52.9 Å². The van der Waals surface area contributed by atoms with Crippen LogP contribution in [0, 0.1) is 5.82 Å². The maximum absolute atomic E-state index is 13.5. The molecule has 0 aliphatic heterocycles. The zero-order chi connectivity index (χ0) is 13.8. The number of anilines is 2. The number of benzene rings is 1. The van der Waals surface area contributed by atoms with Gasteiger partial charge in [0.15, 0.2) is 0 Å². The average molecular weight is 281 g/mol. The monoisotopic (exact) mass is 280 g/mol. The van der Waals surface area contributed by atoms with Crippen LogP contribution in [0.1, 0.15) is 10.4 Å². The normalized spacial score (nSPS) is 10.1. The van der Waals surface area contributed by atoms with Gasteiger partial charge in [0.25, 0.3) is 5.91 Å². The number of carbonyl (C=O) groups excluding carboxylic acids is 1. The Morgan fingerprint density at radius 1 is 1.37 bits per heavy atom. The number of carbonyl (C=O) groups is 1. The van der Waals surface area contributed by atoms with E-state index in [0.717, 1.165) is 0 Å². The molecule has 0 saturated heterocycles. The summed E-state index contributed by atoms with van der Waals surface area (Å²) in [4.78, 5) is 15.8. The van der Waals surface area contributed by atoms with Crippen molar-refractivity contribution in [3.8, 4) is 0 Å². The first-order chi connectivity index (χ1) is 9.11. The molecule has 98 valence electrons. The SMILES string of the molecule is NNc1cc(C(=O)Nc2c(F)cccc2Cl)ccn1. The topological polar surface area (TPSA) is 80.0 Å². The molecule has 4 N–H and O–H groups in total. The molecule has 0 radical (unpaired) electrons. The minimum atomic E-state index is -0.605. The van der Waals surface area contributed by atoms with Crippen LogP contribution in [0.2, 0.25) is 5.02 Å². The first kappa shape index (κ1) is 13.3. The lowest BCUT2D eigenvalue weighted by atomic mass is 10.2. The van der Waals surface area contributed by atoms with E-state index in [1.807, 2.05) is 0 Å². The Kier molecular flexibility index (Phi) is 3.94. The van der Waals surface area contributed by atoms with Crippen molar-refractivity contribution in [2.45, 2.75) is 0 Å². The first-order valence-electron chi connectivity index (χ1n) is 5.30. The Labute approximate surface area is 113 Å². The number of hydrogen-bond donors (Lipinski definition) is 3. The van der Waals surface area contributed by atoms with Crippen LogP contribution in [0.25, 0.3) is 0 Å². The smallest absolute Gasteiger partial charge is 0.255 e. The molecule has 1 aromatic heterocycles. The first-order valence-corrected chi connectivity index (χ1v) is 5.67. The Morgan fingerprint density at radius 3 is 2.84 bits per heavy atom. The van der Waals surface area contributed by atoms with E-state index in [-0.39, 0.29) is 16.3 Å². The maximum atomic E-state index is 13.5. The van der Waals surface area contributed by atoms with Gasteiger partial charge in [-0.05, 0) is 24.3 Å². The van der Waals surface area contributed by atoms with Crippen molar-refractivity contribution in [1.82, 2.24) is 4.98 Å². The third kappa shape index (κ3) is 2.98. The molecule has 19 heavy (non-hydrogen) atoms. The zero-order valence-corrected chi connectivity index (χ0v) is 10.4. The number of halogens is 2. The number of nitrogens with one attached hydrogen (secondary N) is 2. The third-order valence-electron chi connectivity index (χ3n) is 2.37. The average Bonchev–Trinajstić information content (AvgIpc) is 2.43. The molecule has 2 aromatic rings. The molecule has 0 bridgehead atoms. The van der Waals surface area contributed by atoms with E-state index >= 15 is 0 Å². The summed E-state index contributed by atoms with van der Waals surface area (Å²) in [5.41, 5.74) is 2.54. The van der Waals surface area contributed by atoms with Crippen molar-refractivity contribution in [2.75, 3.05) is 10.7 Å². The Morgan fingerprint density at radius 2 is 2.16 bits per heavy atom. The van der Waals surface area contributed by atoms with Gasteiger partial charge in [0.2, 0.25) is 0 Å². The fourth-order valence-electron chi connectivity index (χ4n) is 1.45. The van der Waals surface area contributed by atoms with E-state index in [2.05, 4.69) is 15.7 Å². The maximum Gasteiger partial charge on any atom is 0.255 e. The van der Waals surface area contributed by atoms with Crippen LogP contribution in [0.3, 0.4) is 0 Å². The number of amides is 1. The lowest BCUT2D eigenvalue weighted by molar-refractivity contribution is 0.102. The van der Waals surface area contributed by atoms with E-state index in [9.17, 15) is 9.18 Å². The molecule has 5 nitrogen and oxygen atoms in total. The van der Waals surface area contributed by atoms with E-state index < -0.39 is 11.7 Å². The highest BCUT2D eigenvalue weighted by atomic mass is 35.5. The molecule has 0 unspecified atom stereocenters. The van der Waals surface area contributed by atoms with Crippen LogP contribution in [0.15, 0.2) is 36.5 Å². The molecule has 0 saturated carbocycles. The lowest BCUT2D eigenvalue weighted by Crippen LogP contribution is -2.15. The molecule has 1 amide bonds. The molecule has 0 spiro atoms. The second kappa shape index (κ2) is 5.64. The van der Waals surface area contributed by atoms with Crippen molar-refractivity contribution in [3.63, 3.8) is 0 Å². The van der Waals surface area contributed by atoms with Crippen LogP contribution in [-0.2, 0) is 0 Å². The van der Waals surface area contributed by atoms with Crippen LogP contribution < -0.4 is 16.6 Å². The van der Waals surface area contributed by atoms with Gasteiger partial charge in [0, 0.05) is 11.8 Å². The second-order valence-electron chi connectivity index (χ2n) is 3.62. The summed E-state index contributed by atoms with van der Waals surface area (Å²) in [6.45, 7) is 0. The summed E-state index contributed by atoms with van der Waals surface area (Å²) in [5, 5.41) is 2.53. The standard InChI is InChI=1S/C12H10ClFN4O/c13-8-2-1-3-9(14)11(8)17-12(19)7-4-5-16-10(6-7)18-15/h1-6H,15H2,(H,16,18)(H,17,19). The molecule has 2 rings (SSSR count). The van der Waals surface area contributed by atoms with Gasteiger partial charge in [-0.25, -0.2) is 15.2 Å². The van der Waals surface area contributed by atoms with Gasteiger partial charge in [-0.3, -0.25) is 4.79 Å². The predicted molar refractivity (Wildman–Crippen MR) is 71.4 cm³/mol. The number of hydrogen-bond acceptors (Lipinski definition) is 4. The predicted octanol–water partition coefficient (Wildman–Crippen LogP) is 2.41. The van der Waals surface area contributed by atoms with Gasteiger partial charge in [-0.2, -0.15) is 0 Å². The molecular formula is C12H10ClFN4O. The molecule has 7 heteroatoms. The second-order valence-corrected chi connectivity index (χ2v) is 4.03. The van der Waals surface area contributed by atoms with Gasteiger partial charge in [0.05, 0.1) is 10.7 Å². The summed E-state index contributed by atoms with van der Waals surface area (Å²) in [5.74, 6) is 4.41. The van der Waals surface area contributed by atoms with Gasteiger partial charge in [0.1, 0.15) is 11.6 Å². The van der Waals surface area contributed by atoms with Gasteiger partial charge >= 0.3 is 0 Å². The Hall–Kier alpha value is -2.18. The highest BCUT2D eigenvalue weighted by Gasteiger charge is 2.12. The quantitative estimate of drug-likeness (QED) is 0.596. The minimum Gasteiger partial charge on any atom is -0.318 e. The fraction of sp³-hybridized carbons (Fsp3) is 0. The number of para-hydroxylation sites is 1. The summed E-state index contributed by atoms with van der Waals surface area (Å²) in [6, 6.07) is 7.06. The van der Waals surface area contributed by atoms with Gasteiger partial charge in [-0.15, -0.1) is 0 Å². The van der Waals surface area contributed by atoms with Crippen LogP contribution in [0.5, 0.6) is 0 Å². The van der Waals surface area contributed by atoms with Crippen molar-refractivity contribution < 1.29 is 9.18 Å². The molecule has 0 aliphatic rings. The number of aromatic nitrogens is 1. The molecule has 0 atom stereocenters. The number of nitrogens with two attached hydrogens (primary N) is 1. The number of hydrazine groups is 1. The third-order valence-corrected chi connectivity index (χ3v) is 2.69. The highest BCUT2D eigenvalue weighted by Crippen LogP contribution is 2.25. The van der Waals surface area contributed by atoms with E-state index in [4.69, 9.17) is 17.4 Å². The lowest BCUT2D eigenvalue weighted by Gasteiger charge is -2.08. The molecule has 0 aliphatic carbocycles. The summed E-state index contributed by atoms with van der Waals surface area (Å²) in [6.07, 6.45) is 1.41. The molecule has 1 heterocycles. The Bertz CT molecular complexity index is 600. The van der Waals surface area contributed by atoms with Crippen molar-refractivity contribution >= 4 is 29.0 Å². The molecule has 0 fully saturated rings. The Balaban J connectivity index is 2.25. The van der Waals surface area contributed by atoms with Gasteiger partial charge in [-0.1, -0.05) is 17.7 Å². The van der Waals surface area contributed by atoms with E-state index in [0.29, 0.717) is 5.82 Å². The largest absolute Gasteiger partial charge is 0.318 e. The van der Waals surface area contributed by atoms with Crippen molar-refractivity contribution in [2.24, 2.45) is 5.84 Å². The minimum absolute atomic E-state index is 0.0618. The number of pyridine rings is 1. The molecule has 1 aromatic carbocycles. The van der Waals surface area contributed by atoms with E-state index in [1.54, 1.807) is 0 Å². The van der Waals surface area contributed by atoms with E-state index in [1.165, 1.54) is 36.5 Å². The number of rotatable bonds is 3. The fourth-order valence-corrected chi connectivity index (χ4v) is 1.66. The van der Waals surface area contributed by atoms with Crippen molar-refractivity contribution in [1.29, 1.82) is 0 Å². The summed E-state index contributed by atoms with van der Waals surface area (Å²) in [7, 11) is 0.